The maximum atomic E-state index is 11.3. The molecule has 0 spiro atoms. The van der Waals surface area contributed by atoms with Crippen LogP contribution in [0.25, 0.3) is 0 Å². The van der Waals surface area contributed by atoms with Crippen molar-refractivity contribution in [3.8, 4) is 0 Å². The van der Waals surface area contributed by atoms with Gasteiger partial charge in [0.1, 0.15) is 0 Å². The number of carbonyl (C=O) groups excluding carboxylic acids is 1. The average molecular weight is 214 g/mol. The molecule has 0 aromatic carbocycles. The van der Waals surface area contributed by atoms with Crippen molar-refractivity contribution in [2.45, 2.75) is 6.92 Å². The van der Waals surface area contributed by atoms with Gasteiger partial charge < -0.3 is 10.6 Å². The number of rotatable bonds is 3. The van der Waals surface area contributed by atoms with Crippen LogP contribution in [0.2, 0.25) is 5.15 Å². The second-order valence-corrected chi connectivity index (χ2v) is 3.23. The fourth-order valence-electron chi connectivity index (χ4n) is 1.02. The first-order valence-corrected chi connectivity index (χ1v) is 4.58. The van der Waals surface area contributed by atoms with Crippen LogP contribution in [0, 0.1) is 6.92 Å². The fraction of sp³-hybridized carbons (Fsp3) is 0.333. The van der Waals surface area contributed by atoms with E-state index < -0.39 is 0 Å². The van der Waals surface area contributed by atoms with Gasteiger partial charge in [0.05, 0.1) is 12.2 Å². The number of pyridine rings is 1. The summed E-state index contributed by atoms with van der Waals surface area (Å²) in [5, 5.41) is 5.75. The predicted octanol–water partition coefficient (Wildman–Crippen LogP) is 1.20. The van der Waals surface area contributed by atoms with Gasteiger partial charge in [-0.05, 0) is 25.6 Å². The van der Waals surface area contributed by atoms with E-state index in [2.05, 4.69) is 15.6 Å². The summed E-state index contributed by atoms with van der Waals surface area (Å²) in [5.41, 5.74) is 1.48. The molecule has 1 heterocycles. The Balaban J connectivity index is 2.80. The Morgan fingerprint density at radius 3 is 2.93 bits per heavy atom. The second-order valence-electron chi connectivity index (χ2n) is 2.87. The van der Waals surface area contributed by atoms with E-state index in [1.54, 1.807) is 19.3 Å². The van der Waals surface area contributed by atoms with Crippen LogP contribution < -0.4 is 10.6 Å². The molecule has 1 rings (SSSR count). The van der Waals surface area contributed by atoms with Crippen molar-refractivity contribution >= 4 is 23.2 Å². The Labute approximate surface area is 87.7 Å². The Kier molecular flexibility index (Phi) is 3.85. The van der Waals surface area contributed by atoms with Crippen LogP contribution in [-0.4, -0.2) is 24.5 Å². The number of hydrogen-bond donors (Lipinski definition) is 2. The highest BCUT2D eigenvalue weighted by Gasteiger charge is 2.07. The van der Waals surface area contributed by atoms with Crippen molar-refractivity contribution in [1.29, 1.82) is 0 Å². The van der Waals surface area contributed by atoms with Crippen LogP contribution in [0.4, 0.5) is 5.69 Å². The van der Waals surface area contributed by atoms with Crippen molar-refractivity contribution in [3.63, 3.8) is 0 Å². The normalized spacial score (nSPS) is 9.93. The first-order chi connectivity index (χ1) is 6.65. The molecule has 0 radical (unpaired) electrons. The summed E-state index contributed by atoms with van der Waals surface area (Å²) >= 11 is 5.83. The van der Waals surface area contributed by atoms with Crippen LogP contribution in [0.5, 0.6) is 0 Å². The van der Waals surface area contributed by atoms with Crippen LogP contribution in [0.3, 0.4) is 0 Å². The minimum absolute atomic E-state index is 0.134. The number of aromatic nitrogens is 1. The van der Waals surface area contributed by atoms with Gasteiger partial charge in [-0.25, -0.2) is 4.98 Å². The molecule has 1 amide bonds. The van der Waals surface area contributed by atoms with E-state index in [-0.39, 0.29) is 12.5 Å². The minimum atomic E-state index is -0.134. The maximum absolute atomic E-state index is 11.3. The second kappa shape index (κ2) is 4.93. The van der Waals surface area contributed by atoms with E-state index >= 15 is 0 Å². The molecule has 2 N–H and O–H groups in total. The van der Waals surface area contributed by atoms with E-state index in [0.29, 0.717) is 10.8 Å². The number of halogens is 1. The zero-order valence-electron chi connectivity index (χ0n) is 8.10. The van der Waals surface area contributed by atoms with Gasteiger partial charge in [-0.15, -0.1) is 0 Å². The number of carbonyl (C=O) groups is 1. The molecule has 0 bridgehead atoms. The van der Waals surface area contributed by atoms with E-state index in [9.17, 15) is 4.79 Å². The summed E-state index contributed by atoms with van der Waals surface area (Å²) < 4.78 is 0. The van der Waals surface area contributed by atoms with Crippen molar-refractivity contribution in [2.24, 2.45) is 0 Å². The predicted molar refractivity (Wildman–Crippen MR) is 56.5 cm³/mol. The quantitative estimate of drug-likeness (QED) is 0.742. The fourth-order valence-corrected chi connectivity index (χ4v) is 1.27. The molecular weight excluding hydrogens is 202 g/mol. The first kappa shape index (κ1) is 10.9. The molecule has 0 fully saturated rings. The van der Waals surface area contributed by atoms with Gasteiger partial charge in [-0.3, -0.25) is 4.79 Å². The zero-order valence-corrected chi connectivity index (χ0v) is 8.85. The Hall–Kier alpha value is -1.13. The van der Waals surface area contributed by atoms with E-state index in [4.69, 9.17) is 11.6 Å². The van der Waals surface area contributed by atoms with Gasteiger partial charge in [0.2, 0.25) is 5.91 Å². The molecule has 1 aromatic heterocycles. The Morgan fingerprint density at radius 1 is 1.64 bits per heavy atom. The van der Waals surface area contributed by atoms with Crippen molar-refractivity contribution in [3.05, 3.63) is 23.0 Å². The van der Waals surface area contributed by atoms with E-state index in [1.165, 1.54) is 0 Å². The molecular formula is C9H12ClN3O. The number of nitrogens with zero attached hydrogens (tertiary/aromatic N) is 1. The summed E-state index contributed by atoms with van der Waals surface area (Å²) in [4.78, 5) is 15.1. The highest BCUT2D eigenvalue weighted by atomic mass is 35.5. The maximum Gasteiger partial charge on any atom is 0.238 e. The van der Waals surface area contributed by atoms with Crippen LogP contribution >= 0.6 is 11.6 Å². The van der Waals surface area contributed by atoms with Gasteiger partial charge >= 0.3 is 0 Å². The summed E-state index contributed by atoms with van der Waals surface area (Å²) in [7, 11) is 1.71. The van der Waals surface area contributed by atoms with Crippen LogP contribution in [0.1, 0.15) is 5.56 Å². The molecule has 4 nitrogen and oxygen atoms in total. The molecule has 76 valence electrons. The molecule has 0 atom stereocenters. The highest BCUT2D eigenvalue weighted by molar-refractivity contribution is 6.32. The van der Waals surface area contributed by atoms with Crippen LogP contribution in [0.15, 0.2) is 12.3 Å². The summed E-state index contributed by atoms with van der Waals surface area (Å²) in [6, 6.07) is 1.79. The first-order valence-electron chi connectivity index (χ1n) is 4.20. The Bertz CT molecular complexity index is 321. The molecule has 5 heteroatoms. The van der Waals surface area contributed by atoms with Gasteiger partial charge in [0.15, 0.2) is 5.15 Å². The lowest BCUT2D eigenvalue weighted by Crippen LogP contribution is -2.25. The number of amides is 1. The molecule has 0 saturated heterocycles. The zero-order chi connectivity index (χ0) is 10.6. The third-order valence-electron chi connectivity index (χ3n) is 1.71. The standard InChI is InChI=1S/C9H12ClN3O/c1-6-3-4-12-9(10)8(6)13-7(14)5-11-2/h3-4,11H,5H2,1-2H3,(H,13,14). The molecule has 0 aliphatic rings. The van der Waals surface area contributed by atoms with Crippen molar-refractivity contribution in [2.75, 3.05) is 18.9 Å². The largest absolute Gasteiger partial charge is 0.322 e. The summed E-state index contributed by atoms with van der Waals surface area (Å²) in [6.07, 6.45) is 1.60. The number of likely N-dealkylation sites (N-methyl/N-ethyl adjacent to an activating group) is 1. The smallest absolute Gasteiger partial charge is 0.238 e. The highest BCUT2D eigenvalue weighted by Crippen LogP contribution is 2.22. The van der Waals surface area contributed by atoms with Crippen molar-refractivity contribution in [1.82, 2.24) is 10.3 Å². The molecule has 14 heavy (non-hydrogen) atoms. The number of nitrogens with one attached hydrogen (secondary N) is 2. The molecule has 1 aromatic rings. The molecule has 0 aliphatic heterocycles. The molecule has 0 unspecified atom stereocenters. The lowest BCUT2D eigenvalue weighted by atomic mass is 10.2. The average Bonchev–Trinajstić information content (AvgIpc) is 2.12. The molecule has 0 saturated carbocycles. The van der Waals surface area contributed by atoms with Gasteiger partial charge in [-0.1, -0.05) is 11.6 Å². The lowest BCUT2D eigenvalue weighted by Gasteiger charge is -2.08. The van der Waals surface area contributed by atoms with Gasteiger partial charge in [0.25, 0.3) is 0 Å². The van der Waals surface area contributed by atoms with Gasteiger partial charge in [0, 0.05) is 6.20 Å². The topological polar surface area (TPSA) is 54.0 Å². The SMILES string of the molecule is CNCC(=O)Nc1c(C)ccnc1Cl. The third kappa shape index (κ3) is 2.68. The monoisotopic (exact) mass is 213 g/mol. The third-order valence-corrected chi connectivity index (χ3v) is 2.00. The molecule has 0 aliphatic carbocycles. The van der Waals surface area contributed by atoms with Gasteiger partial charge in [-0.2, -0.15) is 0 Å². The Morgan fingerprint density at radius 2 is 2.36 bits per heavy atom. The van der Waals surface area contributed by atoms with E-state index in [1.807, 2.05) is 6.92 Å². The van der Waals surface area contributed by atoms with Crippen LogP contribution in [-0.2, 0) is 4.79 Å². The number of aryl methyl sites for hydroxylation is 1. The number of hydrogen-bond acceptors (Lipinski definition) is 3. The van der Waals surface area contributed by atoms with E-state index in [0.717, 1.165) is 5.56 Å². The lowest BCUT2D eigenvalue weighted by molar-refractivity contribution is -0.115. The summed E-state index contributed by atoms with van der Waals surface area (Å²) in [5.74, 6) is -0.134. The van der Waals surface area contributed by atoms with Crippen molar-refractivity contribution < 1.29 is 4.79 Å². The minimum Gasteiger partial charge on any atom is -0.322 e. The summed E-state index contributed by atoms with van der Waals surface area (Å²) in [6.45, 7) is 2.12. The number of anilines is 1.